The Bertz CT molecular complexity index is 517. The second-order valence-electron chi connectivity index (χ2n) is 6.70. The lowest BCUT2D eigenvalue weighted by molar-refractivity contribution is 0.304. The molecule has 0 amide bonds. The molecule has 138 valence electrons. The van der Waals surface area contributed by atoms with Gasteiger partial charge in [0.2, 0.25) is 5.95 Å². The molecule has 0 radical (unpaired) electrons. The first-order valence-electron chi connectivity index (χ1n) is 8.70. The fraction of sp³-hybridized carbons (Fsp3) is 0.765. The van der Waals surface area contributed by atoms with Crippen LogP contribution in [0.25, 0.3) is 0 Å². The number of imidazole rings is 1. The van der Waals surface area contributed by atoms with Crippen LogP contribution in [-0.2, 0) is 13.6 Å². The van der Waals surface area contributed by atoms with E-state index in [1.165, 1.54) is 32.1 Å². The molecule has 1 saturated carbocycles. The molecule has 1 aromatic rings. The molecule has 1 aliphatic rings. The highest BCUT2D eigenvalue weighted by Crippen LogP contribution is 2.26. The Labute approximate surface area is 163 Å². The highest BCUT2D eigenvalue weighted by Gasteiger charge is 2.20. The number of hydrogen-bond acceptors (Lipinski definition) is 3. The van der Waals surface area contributed by atoms with Gasteiger partial charge in [0, 0.05) is 34.2 Å². The molecular weight excluding hydrogens is 415 g/mol. The summed E-state index contributed by atoms with van der Waals surface area (Å²) in [6.45, 7) is 3.02. The van der Waals surface area contributed by atoms with Gasteiger partial charge in [0.15, 0.2) is 5.96 Å². The van der Waals surface area contributed by atoms with Gasteiger partial charge in [-0.2, -0.15) is 0 Å². The minimum Gasteiger partial charge on any atom is -0.354 e. The van der Waals surface area contributed by atoms with E-state index in [1.54, 1.807) is 0 Å². The number of aromatic nitrogens is 2. The molecule has 1 aliphatic carbocycles. The molecule has 0 spiro atoms. The van der Waals surface area contributed by atoms with Crippen molar-refractivity contribution in [2.75, 3.05) is 26.0 Å². The van der Waals surface area contributed by atoms with Gasteiger partial charge in [-0.25, -0.2) is 4.98 Å². The third-order valence-corrected chi connectivity index (χ3v) is 4.89. The number of nitrogens with one attached hydrogen (secondary N) is 2. The molecule has 0 bridgehead atoms. The van der Waals surface area contributed by atoms with Gasteiger partial charge < -0.3 is 20.1 Å². The number of nitrogens with zero attached hydrogens (tertiary/aromatic N) is 4. The van der Waals surface area contributed by atoms with Crippen LogP contribution in [0.4, 0.5) is 5.95 Å². The van der Waals surface area contributed by atoms with Gasteiger partial charge in [-0.3, -0.25) is 4.99 Å². The van der Waals surface area contributed by atoms with Crippen molar-refractivity contribution in [3.05, 3.63) is 11.9 Å². The van der Waals surface area contributed by atoms with E-state index in [1.807, 2.05) is 39.3 Å². The quantitative estimate of drug-likeness (QED) is 0.413. The second-order valence-corrected chi connectivity index (χ2v) is 6.70. The molecule has 2 rings (SSSR count). The van der Waals surface area contributed by atoms with Crippen molar-refractivity contribution in [3.8, 4) is 0 Å². The summed E-state index contributed by atoms with van der Waals surface area (Å²) in [5, 5.41) is 6.98. The maximum absolute atomic E-state index is 4.44. The molecule has 1 fully saturated rings. The van der Waals surface area contributed by atoms with Gasteiger partial charge >= 0.3 is 0 Å². The smallest absolute Gasteiger partial charge is 0.204 e. The molecule has 2 N–H and O–H groups in total. The van der Waals surface area contributed by atoms with Crippen LogP contribution < -0.4 is 15.5 Å². The summed E-state index contributed by atoms with van der Waals surface area (Å²) in [5.41, 5.74) is 1.14. The van der Waals surface area contributed by atoms with Gasteiger partial charge in [-0.1, -0.05) is 13.3 Å². The predicted molar refractivity (Wildman–Crippen MR) is 112 cm³/mol. The lowest BCUT2D eigenvalue weighted by atomic mass is 9.84. The standard InChI is InChI=1S/C17H32N6.HI/c1-6-13-7-9-14(10-8-13)21-16(18-2)19-11-15-12-20-17(22(3)4)23(15)5;/h12-14H,6-11H2,1-5H3,(H2,18,19,21);1H. The second kappa shape index (κ2) is 10.1. The molecule has 1 heterocycles. The number of rotatable bonds is 5. The Morgan fingerprint density at radius 2 is 2.00 bits per heavy atom. The monoisotopic (exact) mass is 448 g/mol. The zero-order valence-electron chi connectivity index (χ0n) is 15.7. The van der Waals surface area contributed by atoms with E-state index in [0.29, 0.717) is 6.04 Å². The van der Waals surface area contributed by atoms with Crippen LogP contribution in [0.2, 0.25) is 0 Å². The first-order valence-corrected chi connectivity index (χ1v) is 8.70. The minimum atomic E-state index is 0. The first-order chi connectivity index (χ1) is 11.0. The third-order valence-electron chi connectivity index (χ3n) is 4.89. The van der Waals surface area contributed by atoms with E-state index in [4.69, 9.17) is 0 Å². The Hall–Kier alpha value is -0.990. The van der Waals surface area contributed by atoms with Crippen molar-refractivity contribution in [2.45, 2.75) is 51.6 Å². The molecular formula is C17H33IN6. The molecule has 0 saturated heterocycles. The van der Waals surface area contributed by atoms with E-state index in [-0.39, 0.29) is 24.0 Å². The lowest BCUT2D eigenvalue weighted by Crippen LogP contribution is -2.44. The zero-order chi connectivity index (χ0) is 16.8. The Morgan fingerprint density at radius 1 is 1.33 bits per heavy atom. The van der Waals surface area contributed by atoms with E-state index < -0.39 is 0 Å². The van der Waals surface area contributed by atoms with Crippen LogP contribution in [0.15, 0.2) is 11.2 Å². The van der Waals surface area contributed by atoms with Crippen molar-refractivity contribution < 1.29 is 0 Å². The number of hydrogen-bond donors (Lipinski definition) is 2. The molecule has 24 heavy (non-hydrogen) atoms. The molecule has 0 aliphatic heterocycles. The summed E-state index contributed by atoms with van der Waals surface area (Å²) in [6.07, 6.45) is 8.39. The lowest BCUT2D eigenvalue weighted by Gasteiger charge is -2.29. The number of halogens is 1. The zero-order valence-corrected chi connectivity index (χ0v) is 18.0. The Kier molecular flexibility index (Phi) is 8.86. The average Bonchev–Trinajstić information content (AvgIpc) is 2.93. The van der Waals surface area contributed by atoms with Crippen molar-refractivity contribution in [3.63, 3.8) is 0 Å². The summed E-state index contributed by atoms with van der Waals surface area (Å²) in [6, 6.07) is 0.549. The van der Waals surface area contributed by atoms with Crippen LogP contribution in [-0.4, -0.2) is 42.7 Å². The van der Waals surface area contributed by atoms with Crippen molar-refractivity contribution in [1.29, 1.82) is 0 Å². The molecule has 6 nitrogen and oxygen atoms in total. The minimum absolute atomic E-state index is 0. The fourth-order valence-electron chi connectivity index (χ4n) is 3.29. The molecule has 7 heteroatoms. The van der Waals surface area contributed by atoms with Gasteiger partial charge in [-0.15, -0.1) is 24.0 Å². The van der Waals surface area contributed by atoms with E-state index in [2.05, 4.69) is 32.1 Å². The highest BCUT2D eigenvalue weighted by molar-refractivity contribution is 14.0. The third kappa shape index (κ3) is 5.53. The van der Waals surface area contributed by atoms with Crippen LogP contribution in [0.3, 0.4) is 0 Å². The summed E-state index contributed by atoms with van der Waals surface area (Å²) in [4.78, 5) is 10.8. The van der Waals surface area contributed by atoms with Gasteiger partial charge in [0.1, 0.15) is 0 Å². The molecule has 0 aromatic carbocycles. The van der Waals surface area contributed by atoms with Crippen LogP contribution in [0.1, 0.15) is 44.7 Å². The predicted octanol–water partition coefficient (Wildman–Crippen LogP) is 2.74. The summed E-state index contributed by atoms with van der Waals surface area (Å²) in [7, 11) is 7.89. The van der Waals surface area contributed by atoms with Crippen molar-refractivity contribution in [2.24, 2.45) is 18.0 Å². The number of aliphatic imine (C=N–C) groups is 1. The average molecular weight is 448 g/mol. The highest BCUT2D eigenvalue weighted by atomic mass is 127. The first kappa shape index (κ1) is 21.1. The van der Waals surface area contributed by atoms with Crippen molar-refractivity contribution in [1.82, 2.24) is 20.2 Å². The molecule has 0 unspecified atom stereocenters. The van der Waals surface area contributed by atoms with Gasteiger partial charge in [0.05, 0.1) is 18.4 Å². The normalized spacial score (nSPS) is 21.1. The van der Waals surface area contributed by atoms with Crippen molar-refractivity contribution >= 4 is 35.9 Å². The van der Waals surface area contributed by atoms with Crippen LogP contribution in [0, 0.1) is 5.92 Å². The topological polar surface area (TPSA) is 57.5 Å². The maximum Gasteiger partial charge on any atom is 0.204 e. The maximum atomic E-state index is 4.44. The van der Waals surface area contributed by atoms with Gasteiger partial charge in [0.25, 0.3) is 0 Å². The summed E-state index contributed by atoms with van der Waals surface area (Å²) >= 11 is 0. The van der Waals surface area contributed by atoms with Crippen LogP contribution >= 0.6 is 24.0 Å². The largest absolute Gasteiger partial charge is 0.354 e. The molecule has 0 atom stereocenters. The van der Waals surface area contributed by atoms with Crippen LogP contribution in [0.5, 0.6) is 0 Å². The van der Waals surface area contributed by atoms with E-state index >= 15 is 0 Å². The summed E-state index contributed by atoms with van der Waals surface area (Å²) in [5.74, 6) is 2.77. The number of anilines is 1. The van der Waals surface area contributed by atoms with E-state index in [9.17, 15) is 0 Å². The Morgan fingerprint density at radius 3 is 2.50 bits per heavy atom. The number of guanidine groups is 1. The fourth-order valence-corrected chi connectivity index (χ4v) is 3.29. The molecule has 1 aromatic heterocycles. The summed E-state index contributed by atoms with van der Waals surface area (Å²) < 4.78 is 2.10. The van der Waals surface area contributed by atoms with Gasteiger partial charge in [-0.05, 0) is 31.6 Å². The Balaban J connectivity index is 0.00000288. The van der Waals surface area contributed by atoms with E-state index in [0.717, 1.165) is 30.1 Å². The SMILES string of the molecule is CCC1CCC(NC(=NC)NCc2cnc(N(C)C)n2C)CC1.I.